The van der Waals surface area contributed by atoms with Gasteiger partial charge in [0.05, 0.1) is 0 Å². The van der Waals surface area contributed by atoms with Gasteiger partial charge < -0.3 is 15.0 Å². The van der Waals surface area contributed by atoms with Gasteiger partial charge in [-0.3, -0.25) is 4.79 Å². The van der Waals surface area contributed by atoms with E-state index in [4.69, 9.17) is 4.74 Å². The summed E-state index contributed by atoms with van der Waals surface area (Å²) in [5, 5.41) is 10.9. The van der Waals surface area contributed by atoms with Crippen molar-refractivity contribution in [3.8, 4) is 0 Å². The van der Waals surface area contributed by atoms with Crippen LogP contribution in [0, 0.1) is 0 Å². The van der Waals surface area contributed by atoms with Crippen LogP contribution in [0.1, 0.15) is 23.8 Å². The van der Waals surface area contributed by atoms with Crippen LogP contribution in [0.3, 0.4) is 0 Å². The maximum Gasteiger partial charge on any atom is 0.274 e. The molecule has 0 saturated heterocycles. The van der Waals surface area contributed by atoms with Crippen LogP contribution in [-0.4, -0.2) is 54.9 Å². The molecule has 0 bridgehead atoms. The molecule has 0 saturated carbocycles. The third-order valence-corrected chi connectivity index (χ3v) is 2.43. The van der Waals surface area contributed by atoms with E-state index in [0.717, 1.165) is 13.0 Å². The predicted molar refractivity (Wildman–Crippen MR) is 69.6 cm³/mol. The molecule has 6 heteroatoms. The summed E-state index contributed by atoms with van der Waals surface area (Å²) in [7, 11) is 3.39. The van der Waals surface area contributed by atoms with Gasteiger partial charge in [0, 0.05) is 33.9 Å². The normalized spacial score (nSPS) is 10.2. The van der Waals surface area contributed by atoms with Gasteiger partial charge in [-0.1, -0.05) is 0 Å². The van der Waals surface area contributed by atoms with E-state index in [1.807, 2.05) is 6.92 Å². The summed E-state index contributed by atoms with van der Waals surface area (Å²) < 4.78 is 4.95. The van der Waals surface area contributed by atoms with Gasteiger partial charge in [-0.05, 0) is 25.5 Å². The zero-order chi connectivity index (χ0) is 13.4. The molecule has 0 fully saturated rings. The van der Waals surface area contributed by atoms with E-state index >= 15 is 0 Å². The highest BCUT2D eigenvalue weighted by molar-refractivity contribution is 5.92. The number of anilines is 1. The van der Waals surface area contributed by atoms with E-state index in [-0.39, 0.29) is 5.91 Å². The first kappa shape index (κ1) is 14.4. The van der Waals surface area contributed by atoms with Crippen molar-refractivity contribution in [2.45, 2.75) is 13.3 Å². The van der Waals surface area contributed by atoms with Crippen LogP contribution in [0.2, 0.25) is 0 Å². The molecular weight excluding hydrogens is 232 g/mol. The molecule has 1 aromatic heterocycles. The van der Waals surface area contributed by atoms with Gasteiger partial charge in [-0.15, -0.1) is 10.2 Å². The number of ether oxygens (including phenoxy) is 1. The van der Waals surface area contributed by atoms with E-state index < -0.39 is 0 Å². The Hall–Kier alpha value is -1.69. The van der Waals surface area contributed by atoms with Crippen LogP contribution in [0.5, 0.6) is 0 Å². The SMILES string of the molecule is CCNc1ccc(C(=O)N(C)CCCOC)nn1. The Kier molecular flexibility index (Phi) is 6.07. The first-order valence-corrected chi connectivity index (χ1v) is 6.01. The number of nitrogens with zero attached hydrogens (tertiary/aromatic N) is 3. The highest BCUT2D eigenvalue weighted by Crippen LogP contribution is 2.04. The van der Waals surface area contributed by atoms with Crippen molar-refractivity contribution < 1.29 is 9.53 Å². The molecule has 0 aliphatic carbocycles. The Labute approximate surface area is 107 Å². The molecule has 1 N–H and O–H groups in total. The number of rotatable bonds is 7. The topological polar surface area (TPSA) is 67.4 Å². The van der Waals surface area contributed by atoms with Gasteiger partial charge in [0.25, 0.3) is 5.91 Å². The monoisotopic (exact) mass is 252 g/mol. The molecule has 0 aliphatic heterocycles. The second-order valence-electron chi connectivity index (χ2n) is 3.91. The summed E-state index contributed by atoms with van der Waals surface area (Å²) in [4.78, 5) is 13.6. The largest absolute Gasteiger partial charge is 0.385 e. The Bertz CT molecular complexity index is 367. The average Bonchev–Trinajstić information content (AvgIpc) is 2.39. The van der Waals surface area contributed by atoms with Crippen LogP contribution in [0.15, 0.2) is 12.1 Å². The summed E-state index contributed by atoms with van der Waals surface area (Å²) >= 11 is 0. The molecular formula is C12H20N4O2. The Morgan fingerprint density at radius 3 is 2.78 bits per heavy atom. The number of carbonyl (C=O) groups is 1. The number of hydrogen-bond donors (Lipinski definition) is 1. The van der Waals surface area contributed by atoms with Gasteiger partial charge in [0.2, 0.25) is 0 Å². The summed E-state index contributed by atoms with van der Waals surface area (Å²) in [5.74, 6) is 0.553. The second kappa shape index (κ2) is 7.60. The van der Waals surface area contributed by atoms with E-state index in [0.29, 0.717) is 24.7 Å². The summed E-state index contributed by atoms with van der Waals surface area (Å²) in [6.45, 7) is 4.04. The zero-order valence-corrected chi connectivity index (χ0v) is 11.1. The van der Waals surface area contributed by atoms with Crippen LogP contribution in [0.4, 0.5) is 5.82 Å². The molecule has 0 atom stereocenters. The molecule has 18 heavy (non-hydrogen) atoms. The van der Waals surface area contributed by atoms with Gasteiger partial charge in [0.15, 0.2) is 5.69 Å². The second-order valence-corrected chi connectivity index (χ2v) is 3.91. The number of carbonyl (C=O) groups excluding carboxylic acids is 1. The Balaban J connectivity index is 2.54. The number of aromatic nitrogens is 2. The first-order valence-electron chi connectivity index (χ1n) is 6.01. The molecule has 1 aromatic rings. The standard InChI is InChI=1S/C12H20N4O2/c1-4-13-11-7-6-10(14-15-11)12(17)16(2)8-5-9-18-3/h6-7H,4-5,8-9H2,1-3H3,(H,13,15). The van der Waals surface area contributed by atoms with Crippen molar-refractivity contribution >= 4 is 11.7 Å². The quantitative estimate of drug-likeness (QED) is 0.734. The van der Waals surface area contributed by atoms with E-state index in [1.165, 1.54) is 0 Å². The van der Waals surface area contributed by atoms with Crippen LogP contribution in [-0.2, 0) is 4.74 Å². The fraction of sp³-hybridized carbons (Fsp3) is 0.583. The zero-order valence-electron chi connectivity index (χ0n) is 11.1. The van der Waals surface area contributed by atoms with Crippen molar-refractivity contribution in [2.75, 3.05) is 39.2 Å². The summed E-state index contributed by atoms with van der Waals surface area (Å²) in [6, 6.07) is 3.44. The molecule has 1 rings (SSSR count). The number of amides is 1. The van der Waals surface area contributed by atoms with Crippen LogP contribution in [0.25, 0.3) is 0 Å². The predicted octanol–water partition coefficient (Wildman–Crippen LogP) is 1.02. The van der Waals surface area contributed by atoms with E-state index in [9.17, 15) is 4.79 Å². The lowest BCUT2D eigenvalue weighted by molar-refractivity contribution is 0.0772. The van der Waals surface area contributed by atoms with Crippen molar-refractivity contribution in [1.29, 1.82) is 0 Å². The van der Waals surface area contributed by atoms with Gasteiger partial charge >= 0.3 is 0 Å². The smallest absolute Gasteiger partial charge is 0.274 e. The van der Waals surface area contributed by atoms with E-state index in [2.05, 4.69) is 15.5 Å². The van der Waals surface area contributed by atoms with Crippen molar-refractivity contribution in [3.05, 3.63) is 17.8 Å². The molecule has 0 spiro atoms. The van der Waals surface area contributed by atoms with Gasteiger partial charge in [-0.25, -0.2) is 0 Å². The maximum absolute atomic E-state index is 12.0. The minimum atomic E-state index is -0.123. The first-order chi connectivity index (χ1) is 8.69. The molecule has 1 heterocycles. The molecule has 6 nitrogen and oxygen atoms in total. The third-order valence-electron chi connectivity index (χ3n) is 2.43. The van der Waals surface area contributed by atoms with Gasteiger partial charge in [-0.2, -0.15) is 0 Å². The fourth-order valence-corrected chi connectivity index (χ4v) is 1.46. The minimum absolute atomic E-state index is 0.123. The van der Waals surface area contributed by atoms with Crippen molar-refractivity contribution in [3.63, 3.8) is 0 Å². The molecule has 0 radical (unpaired) electrons. The van der Waals surface area contributed by atoms with E-state index in [1.54, 1.807) is 31.2 Å². The highest BCUT2D eigenvalue weighted by Gasteiger charge is 2.13. The van der Waals surface area contributed by atoms with Crippen molar-refractivity contribution in [1.82, 2.24) is 15.1 Å². The molecule has 0 unspecified atom stereocenters. The lowest BCUT2D eigenvalue weighted by atomic mass is 10.3. The fourth-order valence-electron chi connectivity index (χ4n) is 1.46. The Morgan fingerprint density at radius 2 is 2.22 bits per heavy atom. The number of hydrogen-bond acceptors (Lipinski definition) is 5. The molecule has 0 aliphatic rings. The summed E-state index contributed by atoms with van der Waals surface area (Å²) in [6.07, 6.45) is 0.807. The lowest BCUT2D eigenvalue weighted by Crippen LogP contribution is -2.29. The number of nitrogens with one attached hydrogen (secondary N) is 1. The summed E-state index contributed by atoms with van der Waals surface area (Å²) in [5.41, 5.74) is 0.358. The highest BCUT2D eigenvalue weighted by atomic mass is 16.5. The lowest BCUT2D eigenvalue weighted by Gasteiger charge is -2.16. The number of methoxy groups -OCH3 is 1. The van der Waals surface area contributed by atoms with Crippen molar-refractivity contribution in [2.24, 2.45) is 0 Å². The molecule has 1 amide bonds. The Morgan fingerprint density at radius 1 is 1.44 bits per heavy atom. The van der Waals surface area contributed by atoms with Crippen LogP contribution < -0.4 is 5.32 Å². The average molecular weight is 252 g/mol. The minimum Gasteiger partial charge on any atom is -0.385 e. The third kappa shape index (κ3) is 4.29. The van der Waals surface area contributed by atoms with Gasteiger partial charge in [0.1, 0.15) is 5.82 Å². The van der Waals surface area contributed by atoms with Crippen LogP contribution >= 0.6 is 0 Å². The maximum atomic E-state index is 12.0. The molecule has 100 valence electrons. The molecule has 0 aromatic carbocycles.